The third-order valence-corrected chi connectivity index (χ3v) is 2.44. The molecule has 13 heavy (non-hydrogen) atoms. The summed E-state index contributed by atoms with van der Waals surface area (Å²) < 4.78 is 12.7. The van der Waals surface area contributed by atoms with E-state index in [1.807, 2.05) is 0 Å². The third kappa shape index (κ3) is 1.18. The normalized spacial score (nSPS) is 18.2. The standard InChI is InChI=1S/C9H8FNO2/c10-7-5-6(1-4-11-7)9(2-3-9)8(12)13/h1,4-5H,2-3H2,(H,12,13). The van der Waals surface area contributed by atoms with Gasteiger partial charge in [-0.05, 0) is 30.5 Å². The van der Waals surface area contributed by atoms with Crippen molar-refractivity contribution in [3.63, 3.8) is 0 Å². The highest BCUT2D eigenvalue weighted by molar-refractivity contribution is 5.84. The van der Waals surface area contributed by atoms with Gasteiger partial charge in [-0.3, -0.25) is 4.79 Å². The Labute approximate surface area is 74.2 Å². The summed E-state index contributed by atoms with van der Waals surface area (Å²) in [6.45, 7) is 0. The molecule has 4 heteroatoms. The molecule has 0 bridgehead atoms. The maximum atomic E-state index is 12.7. The van der Waals surface area contributed by atoms with Gasteiger partial charge in [-0.2, -0.15) is 4.39 Å². The highest BCUT2D eigenvalue weighted by Crippen LogP contribution is 2.48. The van der Waals surface area contributed by atoms with E-state index in [9.17, 15) is 9.18 Å². The van der Waals surface area contributed by atoms with Crippen LogP contribution in [-0.4, -0.2) is 16.1 Å². The zero-order valence-corrected chi connectivity index (χ0v) is 6.83. The third-order valence-electron chi connectivity index (χ3n) is 2.44. The molecule has 0 saturated heterocycles. The van der Waals surface area contributed by atoms with Gasteiger partial charge in [-0.15, -0.1) is 0 Å². The van der Waals surface area contributed by atoms with Crippen LogP contribution in [0.15, 0.2) is 18.3 Å². The van der Waals surface area contributed by atoms with Crippen molar-refractivity contribution < 1.29 is 14.3 Å². The number of halogens is 1. The van der Waals surface area contributed by atoms with E-state index in [-0.39, 0.29) is 0 Å². The number of carboxylic acids is 1. The Morgan fingerprint density at radius 3 is 2.77 bits per heavy atom. The zero-order chi connectivity index (χ0) is 9.47. The van der Waals surface area contributed by atoms with Crippen LogP contribution in [0, 0.1) is 5.95 Å². The molecular weight excluding hydrogens is 173 g/mol. The molecule has 3 nitrogen and oxygen atoms in total. The summed E-state index contributed by atoms with van der Waals surface area (Å²) >= 11 is 0. The molecule has 1 aromatic heterocycles. The summed E-state index contributed by atoms with van der Waals surface area (Å²) in [5.74, 6) is -1.50. The fourth-order valence-corrected chi connectivity index (χ4v) is 1.45. The number of aliphatic carboxylic acids is 1. The highest BCUT2D eigenvalue weighted by atomic mass is 19.1. The SMILES string of the molecule is O=C(O)C1(c2ccnc(F)c2)CC1. The Morgan fingerprint density at radius 1 is 1.62 bits per heavy atom. The number of rotatable bonds is 2. The monoisotopic (exact) mass is 181 g/mol. The van der Waals surface area contributed by atoms with Crippen molar-refractivity contribution in [1.82, 2.24) is 4.98 Å². The van der Waals surface area contributed by atoms with Gasteiger partial charge in [0.2, 0.25) is 5.95 Å². The second-order valence-corrected chi connectivity index (χ2v) is 3.25. The minimum atomic E-state index is -0.877. The number of hydrogen-bond donors (Lipinski definition) is 1. The smallest absolute Gasteiger partial charge is 0.314 e. The van der Waals surface area contributed by atoms with E-state index in [2.05, 4.69) is 4.98 Å². The molecular formula is C9H8FNO2. The molecule has 0 spiro atoms. The molecule has 1 fully saturated rings. The first-order valence-electron chi connectivity index (χ1n) is 4.00. The summed E-state index contributed by atoms with van der Waals surface area (Å²) in [6, 6.07) is 2.76. The lowest BCUT2D eigenvalue weighted by Gasteiger charge is -2.08. The van der Waals surface area contributed by atoms with E-state index < -0.39 is 17.3 Å². The molecule has 2 rings (SSSR count). The largest absolute Gasteiger partial charge is 0.481 e. The van der Waals surface area contributed by atoms with Crippen LogP contribution in [0.5, 0.6) is 0 Å². The number of nitrogens with zero attached hydrogens (tertiary/aromatic N) is 1. The Hall–Kier alpha value is -1.45. The van der Waals surface area contributed by atoms with Gasteiger partial charge in [0.25, 0.3) is 0 Å². The van der Waals surface area contributed by atoms with E-state index in [0.717, 1.165) is 0 Å². The van der Waals surface area contributed by atoms with Crippen LogP contribution in [0.3, 0.4) is 0 Å². The van der Waals surface area contributed by atoms with Crippen molar-refractivity contribution in [2.45, 2.75) is 18.3 Å². The number of pyridine rings is 1. The van der Waals surface area contributed by atoms with E-state index in [1.54, 1.807) is 6.07 Å². The first kappa shape index (κ1) is 8.16. The summed E-state index contributed by atoms with van der Waals surface area (Å²) in [5, 5.41) is 8.91. The minimum Gasteiger partial charge on any atom is -0.481 e. The Morgan fingerprint density at radius 2 is 2.31 bits per heavy atom. The first-order chi connectivity index (χ1) is 6.15. The van der Waals surface area contributed by atoms with E-state index in [4.69, 9.17) is 5.11 Å². The first-order valence-corrected chi connectivity index (χ1v) is 4.00. The summed E-state index contributed by atoms with van der Waals surface area (Å²) in [4.78, 5) is 14.2. The summed E-state index contributed by atoms with van der Waals surface area (Å²) in [6.07, 6.45) is 2.48. The van der Waals surface area contributed by atoms with Crippen LogP contribution >= 0.6 is 0 Å². The van der Waals surface area contributed by atoms with Crippen LogP contribution in [0.2, 0.25) is 0 Å². The van der Waals surface area contributed by atoms with Crippen LogP contribution in [0.1, 0.15) is 18.4 Å². The summed E-state index contributed by atoms with van der Waals surface area (Å²) in [7, 11) is 0. The predicted octanol–water partition coefficient (Wildman–Crippen LogP) is 1.34. The lowest BCUT2D eigenvalue weighted by molar-refractivity contribution is -0.140. The van der Waals surface area contributed by atoms with Gasteiger partial charge in [0, 0.05) is 6.20 Å². The summed E-state index contributed by atoms with van der Waals surface area (Å²) in [5.41, 5.74) is -0.309. The van der Waals surface area contributed by atoms with Crippen LogP contribution in [-0.2, 0) is 10.2 Å². The Kier molecular flexibility index (Phi) is 1.58. The molecule has 1 heterocycles. The van der Waals surface area contributed by atoms with Crippen molar-refractivity contribution >= 4 is 5.97 Å². The molecule has 1 N–H and O–H groups in total. The zero-order valence-electron chi connectivity index (χ0n) is 6.83. The van der Waals surface area contributed by atoms with Gasteiger partial charge in [0.15, 0.2) is 0 Å². The van der Waals surface area contributed by atoms with E-state index in [0.29, 0.717) is 18.4 Å². The second kappa shape index (κ2) is 2.52. The van der Waals surface area contributed by atoms with Crippen molar-refractivity contribution in [2.24, 2.45) is 0 Å². The van der Waals surface area contributed by atoms with Gasteiger partial charge in [0.05, 0.1) is 5.41 Å². The molecule has 68 valence electrons. The maximum Gasteiger partial charge on any atom is 0.314 e. The number of carboxylic acid groups (broad SMARTS) is 1. The Balaban J connectivity index is 2.41. The second-order valence-electron chi connectivity index (χ2n) is 3.25. The van der Waals surface area contributed by atoms with Crippen molar-refractivity contribution in [2.75, 3.05) is 0 Å². The lowest BCUT2D eigenvalue weighted by Crippen LogP contribution is -2.19. The average molecular weight is 181 g/mol. The van der Waals surface area contributed by atoms with Crippen molar-refractivity contribution in [3.8, 4) is 0 Å². The molecule has 0 atom stereocenters. The van der Waals surface area contributed by atoms with Crippen LogP contribution in [0.25, 0.3) is 0 Å². The van der Waals surface area contributed by atoms with Gasteiger partial charge in [-0.1, -0.05) is 0 Å². The molecule has 0 unspecified atom stereocenters. The average Bonchev–Trinajstić information content (AvgIpc) is 2.83. The van der Waals surface area contributed by atoms with E-state index >= 15 is 0 Å². The molecule has 0 amide bonds. The molecule has 1 saturated carbocycles. The highest BCUT2D eigenvalue weighted by Gasteiger charge is 2.51. The Bertz CT molecular complexity index is 360. The number of aromatic nitrogens is 1. The van der Waals surface area contributed by atoms with Crippen molar-refractivity contribution in [1.29, 1.82) is 0 Å². The molecule has 0 radical (unpaired) electrons. The van der Waals surface area contributed by atoms with Gasteiger partial charge in [0.1, 0.15) is 0 Å². The fourth-order valence-electron chi connectivity index (χ4n) is 1.45. The minimum absolute atomic E-state index is 0.521. The fraction of sp³-hybridized carbons (Fsp3) is 0.333. The molecule has 1 aromatic rings. The lowest BCUT2D eigenvalue weighted by atomic mass is 9.98. The molecule has 1 aliphatic rings. The van der Waals surface area contributed by atoms with E-state index in [1.165, 1.54) is 12.3 Å². The van der Waals surface area contributed by atoms with Gasteiger partial charge < -0.3 is 5.11 Å². The van der Waals surface area contributed by atoms with Gasteiger partial charge in [-0.25, -0.2) is 4.98 Å². The number of hydrogen-bond acceptors (Lipinski definition) is 2. The molecule has 0 aromatic carbocycles. The van der Waals surface area contributed by atoms with Crippen molar-refractivity contribution in [3.05, 3.63) is 29.8 Å². The maximum absolute atomic E-state index is 12.7. The van der Waals surface area contributed by atoms with Gasteiger partial charge >= 0.3 is 5.97 Å². The topological polar surface area (TPSA) is 50.2 Å². The molecule has 0 aliphatic heterocycles. The van der Waals surface area contributed by atoms with Crippen LogP contribution < -0.4 is 0 Å². The predicted molar refractivity (Wildman–Crippen MR) is 42.7 cm³/mol. The number of carbonyl (C=O) groups is 1. The molecule has 1 aliphatic carbocycles. The van der Waals surface area contributed by atoms with Crippen LogP contribution in [0.4, 0.5) is 4.39 Å². The quantitative estimate of drug-likeness (QED) is 0.700.